The summed E-state index contributed by atoms with van der Waals surface area (Å²) < 4.78 is 0. The molecular weight excluding hydrogens is 358 g/mol. The normalized spacial score (nSPS) is 16.6. The van der Waals surface area contributed by atoms with Crippen LogP contribution in [-0.2, 0) is 11.2 Å². The number of benzene rings is 2. The fourth-order valence-electron chi connectivity index (χ4n) is 4.02. The second kappa shape index (κ2) is 8.99. The number of nitrogens with zero attached hydrogens (tertiary/aromatic N) is 3. The number of carbonyl (C=O) groups is 1. The minimum atomic E-state index is 0.237. The summed E-state index contributed by atoms with van der Waals surface area (Å²) in [6, 6.07) is 18.6. The molecule has 0 aliphatic carbocycles. The summed E-state index contributed by atoms with van der Waals surface area (Å²) in [5.74, 6) is 0.489. The van der Waals surface area contributed by atoms with Crippen LogP contribution >= 0.6 is 0 Å². The van der Waals surface area contributed by atoms with Crippen molar-refractivity contribution in [1.82, 2.24) is 14.9 Å². The average Bonchev–Trinajstić information content (AvgIpc) is 2.78. The van der Waals surface area contributed by atoms with E-state index in [1.807, 2.05) is 41.6 Å². The van der Waals surface area contributed by atoms with Gasteiger partial charge in [0.05, 0.1) is 17.6 Å². The smallest absolute Gasteiger partial charge is 0.222 e. The Bertz CT molecular complexity index is 971. The molecule has 0 N–H and O–H groups in total. The van der Waals surface area contributed by atoms with Crippen molar-refractivity contribution in [1.29, 1.82) is 0 Å². The average molecular weight is 386 g/mol. The second-order valence-electron chi connectivity index (χ2n) is 7.86. The fraction of sp³-hybridized carbons (Fsp3) is 0.320. The first-order chi connectivity index (χ1) is 14.2. The first-order valence-electron chi connectivity index (χ1n) is 10.4. The molecule has 0 saturated carbocycles. The second-order valence-corrected chi connectivity index (χ2v) is 7.86. The van der Waals surface area contributed by atoms with Crippen LogP contribution < -0.4 is 0 Å². The maximum Gasteiger partial charge on any atom is 0.222 e. The van der Waals surface area contributed by atoms with E-state index in [1.165, 1.54) is 11.1 Å². The monoisotopic (exact) mass is 385 g/mol. The van der Waals surface area contributed by atoms with Crippen molar-refractivity contribution in [2.45, 2.75) is 38.5 Å². The molecule has 1 amide bonds. The van der Waals surface area contributed by atoms with E-state index in [-0.39, 0.29) is 11.8 Å². The molecule has 1 aliphatic rings. The van der Waals surface area contributed by atoms with Gasteiger partial charge in [0.25, 0.3) is 0 Å². The molecule has 0 spiro atoms. The lowest BCUT2D eigenvalue weighted by molar-refractivity contribution is -0.132. The first kappa shape index (κ1) is 19.3. The molecule has 1 fully saturated rings. The van der Waals surface area contributed by atoms with E-state index >= 15 is 0 Å². The highest BCUT2D eigenvalue weighted by atomic mass is 16.2. The molecule has 1 aromatic heterocycles. The molecule has 4 nitrogen and oxygen atoms in total. The molecule has 1 aliphatic heterocycles. The number of amides is 1. The number of aryl methyl sites for hydroxylation is 2. The Hall–Kier alpha value is -3.01. The lowest BCUT2D eigenvalue weighted by Crippen LogP contribution is -2.39. The zero-order valence-electron chi connectivity index (χ0n) is 16.9. The van der Waals surface area contributed by atoms with E-state index < -0.39 is 0 Å². The third-order valence-corrected chi connectivity index (χ3v) is 5.63. The van der Waals surface area contributed by atoms with Crippen LogP contribution in [-0.4, -0.2) is 33.9 Å². The molecule has 148 valence electrons. The largest absolute Gasteiger partial charge is 0.342 e. The Labute approximate surface area is 172 Å². The van der Waals surface area contributed by atoms with Crippen molar-refractivity contribution in [3.63, 3.8) is 0 Å². The minimum Gasteiger partial charge on any atom is -0.342 e. The topological polar surface area (TPSA) is 46.1 Å². The summed E-state index contributed by atoms with van der Waals surface area (Å²) in [6.07, 6.45) is 7.10. The van der Waals surface area contributed by atoms with Crippen LogP contribution in [0.5, 0.6) is 0 Å². The highest BCUT2D eigenvalue weighted by Crippen LogP contribution is 2.27. The van der Waals surface area contributed by atoms with Gasteiger partial charge in [0.1, 0.15) is 0 Å². The maximum atomic E-state index is 12.8. The molecule has 0 unspecified atom stereocenters. The van der Waals surface area contributed by atoms with Crippen LogP contribution in [0.15, 0.2) is 67.0 Å². The molecule has 2 heterocycles. The molecule has 4 heteroatoms. The Balaban J connectivity index is 1.43. The van der Waals surface area contributed by atoms with Gasteiger partial charge in [-0.25, -0.2) is 4.98 Å². The van der Waals surface area contributed by atoms with Gasteiger partial charge in [-0.15, -0.1) is 0 Å². The van der Waals surface area contributed by atoms with Crippen LogP contribution in [0.3, 0.4) is 0 Å². The van der Waals surface area contributed by atoms with Gasteiger partial charge < -0.3 is 4.90 Å². The Kier molecular flexibility index (Phi) is 5.99. The number of rotatable bonds is 5. The summed E-state index contributed by atoms with van der Waals surface area (Å²) in [5, 5.41) is 0. The highest BCUT2D eigenvalue weighted by Gasteiger charge is 2.25. The van der Waals surface area contributed by atoms with Gasteiger partial charge in [-0.2, -0.15) is 0 Å². The number of carbonyl (C=O) groups excluding carboxylic acids is 1. The Morgan fingerprint density at radius 1 is 1.10 bits per heavy atom. The third kappa shape index (κ3) is 4.89. The molecule has 29 heavy (non-hydrogen) atoms. The number of hydrogen-bond acceptors (Lipinski definition) is 3. The standard InChI is InChI=1S/C25H27N3O/c1-19-7-5-10-21(15-19)23-16-26-17-24(27-23)22-11-6-14-28(18-22)25(29)13-12-20-8-3-2-4-9-20/h2-5,7-10,15-17,22H,6,11-14,18H2,1H3/t22-/m0/s1. The molecule has 1 atom stereocenters. The van der Waals surface area contributed by atoms with Crippen LogP contribution in [0, 0.1) is 6.92 Å². The van der Waals surface area contributed by atoms with E-state index in [1.54, 1.807) is 0 Å². The zero-order chi connectivity index (χ0) is 20.1. The van der Waals surface area contributed by atoms with Crippen molar-refractivity contribution < 1.29 is 4.79 Å². The van der Waals surface area contributed by atoms with Crippen LogP contribution in [0.2, 0.25) is 0 Å². The quantitative estimate of drug-likeness (QED) is 0.634. The summed E-state index contributed by atoms with van der Waals surface area (Å²) in [5.41, 5.74) is 5.41. The number of aromatic nitrogens is 2. The van der Waals surface area contributed by atoms with Crippen molar-refractivity contribution in [2.24, 2.45) is 0 Å². The summed E-state index contributed by atoms with van der Waals surface area (Å²) in [4.78, 5) is 24.1. The minimum absolute atomic E-state index is 0.237. The van der Waals surface area contributed by atoms with Crippen molar-refractivity contribution in [3.8, 4) is 11.3 Å². The van der Waals surface area contributed by atoms with Gasteiger partial charge in [-0.3, -0.25) is 9.78 Å². The van der Waals surface area contributed by atoms with Crippen molar-refractivity contribution >= 4 is 5.91 Å². The SMILES string of the molecule is Cc1cccc(-c2cncc([C@H]3CCCN(C(=O)CCc4ccccc4)C3)n2)c1. The van der Waals surface area contributed by atoms with Gasteiger partial charge in [0, 0.05) is 37.2 Å². The van der Waals surface area contributed by atoms with Crippen LogP contribution in [0.4, 0.5) is 0 Å². The highest BCUT2D eigenvalue weighted by molar-refractivity contribution is 5.76. The van der Waals surface area contributed by atoms with E-state index in [4.69, 9.17) is 4.98 Å². The number of piperidine rings is 1. The summed E-state index contributed by atoms with van der Waals surface area (Å²) in [7, 11) is 0. The molecule has 3 aromatic rings. The van der Waals surface area contributed by atoms with Gasteiger partial charge in [0.2, 0.25) is 5.91 Å². The predicted octanol–water partition coefficient (Wildman–Crippen LogP) is 4.79. The van der Waals surface area contributed by atoms with Crippen molar-refractivity contribution in [3.05, 3.63) is 83.8 Å². The summed E-state index contributed by atoms with van der Waals surface area (Å²) in [6.45, 7) is 3.66. The zero-order valence-corrected chi connectivity index (χ0v) is 16.9. The van der Waals surface area contributed by atoms with Gasteiger partial charge in [-0.05, 0) is 37.8 Å². The van der Waals surface area contributed by atoms with E-state index in [2.05, 4.69) is 42.2 Å². The molecule has 1 saturated heterocycles. The molecule has 2 aromatic carbocycles. The lowest BCUT2D eigenvalue weighted by atomic mass is 9.94. The number of hydrogen-bond donors (Lipinski definition) is 0. The van der Waals surface area contributed by atoms with Gasteiger partial charge >= 0.3 is 0 Å². The lowest BCUT2D eigenvalue weighted by Gasteiger charge is -2.32. The van der Waals surface area contributed by atoms with E-state index in [9.17, 15) is 4.79 Å². The maximum absolute atomic E-state index is 12.8. The molecule has 4 rings (SSSR count). The predicted molar refractivity (Wildman–Crippen MR) is 116 cm³/mol. The van der Waals surface area contributed by atoms with Crippen LogP contribution in [0.1, 0.15) is 42.0 Å². The summed E-state index contributed by atoms with van der Waals surface area (Å²) >= 11 is 0. The van der Waals surface area contributed by atoms with E-state index in [0.717, 1.165) is 49.3 Å². The molecule has 0 bridgehead atoms. The number of likely N-dealkylation sites (tertiary alicyclic amines) is 1. The third-order valence-electron chi connectivity index (χ3n) is 5.63. The Morgan fingerprint density at radius 3 is 2.79 bits per heavy atom. The van der Waals surface area contributed by atoms with Crippen LogP contribution in [0.25, 0.3) is 11.3 Å². The van der Waals surface area contributed by atoms with Crippen molar-refractivity contribution in [2.75, 3.05) is 13.1 Å². The fourth-order valence-corrected chi connectivity index (χ4v) is 4.02. The van der Waals surface area contributed by atoms with Gasteiger partial charge in [0.15, 0.2) is 0 Å². The molecule has 0 radical (unpaired) electrons. The van der Waals surface area contributed by atoms with E-state index in [0.29, 0.717) is 6.42 Å². The first-order valence-corrected chi connectivity index (χ1v) is 10.4. The molecular formula is C25H27N3O. The Morgan fingerprint density at radius 2 is 1.97 bits per heavy atom. The van der Waals surface area contributed by atoms with Gasteiger partial charge in [-0.1, -0.05) is 54.1 Å².